The zero-order chi connectivity index (χ0) is 8.60. The van der Waals surface area contributed by atoms with Crippen molar-refractivity contribution in [2.75, 3.05) is 5.32 Å². The van der Waals surface area contributed by atoms with E-state index in [1.54, 1.807) is 0 Å². The molecular formula is C7H9N3O2. The van der Waals surface area contributed by atoms with Gasteiger partial charge in [0.1, 0.15) is 12.0 Å². The largest absolute Gasteiger partial charge is 0.363 e. The minimum Gasteiger partial charge on any atom is -0.363 e. The Bertz CT molecular complexity index is 290. The van der Waals surface area contributed by atoms with Gasteiger partial charge in [-0.05, 0) is 12.8 Å². The first-order chi connectivity index (χ1) is 5.71. The van der Waals surface area contributed by atoms with Gasteiger partial charge in [-0.25, -0.2) is 0 Å². The van der Waals surface area contributed by atoms with Crippen LogP contribution in [0.25, 0.3) is 0 Å². The van der Waals surface area contributed by atoms with E-state index in [9.17, 15) is 4.79 Å². The average molecular weight is 167 g/mol. The first-order valence-corrected chi connectivity index (χ1v) is 3.70. The Balaban J connectivity index is 2.00. The molecule has 0 aliphatic heterocycles. The Kier molecular flexibility index (Phi) is 1.41. The fourth-order valence-electron chi connectivity index (χ4n) is 0.884. The third-order valence-electron chi connectivity index (χ3n) is 1.93. The van der Waals surface area contributed by atoms with Gasteiger partial charge in [0.2, 0.25) is 5.91 Å². The van der Waals surface area contributed by atoms with Gasteiger partial charge in [0.25, 0.3) is 0 Å². The maximum absolute atomic E-state index is 11.3. The van der Waals surface area contributed by atoms with Crippen LogP contribution >= 0.6 is 0 Å². The van der Waals surface area contributed by atoms with Gasteiger partial charge in [0, 0.05) is 0 Å². The fraction of sp³-hybridized carbons (Fsp3) is 0.429. The monoisotopic (exact) mass is 167 g/mol. The second-order valence-corrected chi connectivity index (χ2v) is 3.02. The number of nitrogens with zero attached hydrogens (tertiary/aromatic N) is 1. The number of hydrogen-bond acceptors (Lipinski definition) is 4. The first kappa shape index (κ1) is 7.30. The van der Waals surface area contributed by atoms with Crippen molar-refractivity contribution in [2.45, 2.75) is 18.4 Å². The first-order valence-electron chi connectivity index (χ1n) is 3.70. The minimum absolute atomic E-state index is 0.161. The molecule has 1 aromatic heterocycles. The van der Waals surface area contributed by atoms with E-state index in [1.807, 2.05) is 0 Å². The molecule has 1 fully saturated rings. The number of nitrogens with two attached hydrogens (primary N) is 1. The molecular weight excluding hydrogens is 158 g/mol. The maximum Gasteiger partial charge on any atom is 0.244 e. The molecule has 0 spiro atoms. The standard InChI is InChI=1S/C7H9N3O2/c8-7(1-2-7)6(11)10-5-3-9-12-4-5/h3-4H,1-2,8H2,(H,10,11). The fourth-order valence-corrected chi connectivity index (χ4v) is 0.884. The summed E-state index contributed by atoms with van der Waals surface area (Å²) in [4.78, 5) is 11.3. The van der Waals surface area contributed by atoms with Gasteiger partial charge >= 0.3 is 0 Å². The normalized spacial score (nSPS) is 18.8. The van der Waals surface area contributed by atoms with E-state index < -0.39 is 5.54 Å². The summed E-state index contributed by atoms with van der Waals surface area (Å²) in [5, 5.41) is 6.05. The lowest BCUT2D eigenvalue weighted by Crippen LogP contribution is -2.37. The molecule has 5 nitrogen and oxygen atoms in total. The molecule has 12 heavy (non-hydrogen) atoms. The van der Waals surface area contributed by atoms with Crippen LogP contribution in [0.4, 0.5) is 5.69 Å². The zero-order valence-electron chi connectivity index (χ0n) is 6.41. The van der Waals surface area contributed by atoms with Crippen molar-refractivity contribution in [1.82, 2.24) is 5.16 Å². The molecule has 2 rings (SSSR count). The molecule has 64 valence electrons. The summed E-state index contributed by atoms with van der Waals surface area (Å²) in [7, 11) is 0. The minimum atomic E-state index is -0.642. The van der Waals surface area contributed by atoms with Crippen molar-refractivity contribution in [3.8, 4) is 0 Å². The average Bonchev–Trinajstić information content (AvgIpc) is 2.63. The van der Waals surface area contributed by atoms with Crippen LogP contribution in [0, 0.1) is 0 Å². The summed E-state index contributed by atoms with van der Waals surface area (Å²) in [6, 6.07) is 0. The number of nitrogens with one attached hydrogen (secondary N) is 1. The Labute approximate surface area is 68.9 Å². The van der Waals surface area contributed by atoms with Crippen molar-refractivity contribution in [2.24, 2.45) is 5.73 Å². The lowest BCUT2D eigenvalue weighted by atomic mass is 10.3. The maximum atomic E-state index is 11.3. The number of hydrogen-bond donors (Lipinski definition) is 2. The van der Waals surface area contributed by atoms with Crippen LogP contribution in [-0.4, -0.2) is 16.6 Å². The van der Waals surface area contributed by atoms with Crippen molar-refractivity contribution >= 4 is 11.6 Å². The van der Waals surface area contributed by atoms with E-state index in [0.29, 0.717) is 5.69 Å². The molecule has 0 radical (unpaired) electrons. The lowest BCUT2D eigenvalue weighted by Gasteiger charge is -2.06. The van der Waals surface area contributed by atoms with E-state index >= 15 is 0 Å². The molecule has 0 bridgehead atoms. The van der Waals surface area contributed by atoms with Gasteiger partial charge in [0.05, 0.1) is 11.7 Å². The van der Waals surface area contributed by atoms with E-state index in [0.717, 1.165) is 12.8 Å². The van der Waals surface area contributed by atoms with Crippen LogP contribution in [0.1, 0.15) is 12.8 Å². The molecule has 1 aromatic rings. The molecule has 0 saturated heterocycles. The summed E-state index contributed by atoms with van der Waals surface area (Å²) in [6.07, 6.45) is 4.31. The van der Waals surface area contributed by atoms with Crippen LogP contribution in [-0.2, 0) is 4.79 Å². The van der Waals surface area contributed by atoms with Crippen molar-refractivity contribution in [3.05, 3.63) is 12.5 Å². The van der Waals surface area contributed by atoms with Crippen LogP contribution in [0.15, 0.2) is 17.0 Å². The lowest BCUT2D eigenvalue weighted by molar-refractivity contribution is -0.118. The van der Waals surface area contributed by atoms with Crippen molar-refractivity contribution < 1.29 is 9.32 Å². The molecule has 0 unspecified atom stereocenters. The Hall–Kier alpha value is -1.36. The molecule has 1 aliphatic rings. The van der Waals surface area contributed by atoms with Crippen LogP contribution in [0.5, 0.6) is 0 Å². The molecule has 1 saturated carbocycles. The Morgan fingerprint density at radius 3 is 3.00 bits per heavy atom. The summed E-state index contributed by atoms with van der Waals surface area (Å²) < 4.78 is 4.54. The third kappa shape index (κ3) is 1.18. The second kappa shape index (κ2) is 2.31. The predicted octanol–water partition coefficient (Wildman–Crippen LogP) is 0.104. The molecule has 1 amide bonds. The Morgan fingerprint density at radius 1 is 1.75 bits per heavy atom. The van der Waals surface area contributed by atoms with E-state index in [4.69, 9.17) is 5.73 Å². The summed E-state index contributed by atoms with van der Waals surface area (Å²) >= 11 is 0. The third-order valence-corrected chi connectivity index (χ3v) is 1.93. The van der Waals surface area contributed by atoms with E-state index in [2.05, 4.69) is 15.0 Å². The van der Waals surface area contributed by atoms with Gasteiger partial charge in [-0.1, -0.05) is 5.16 Å². The summed E-state index contributed by atoms with van der Waals surface area (Å²) in [6.45, 7) is 0. The van der Waals surface area contributed by atoms with Crippen LogP contribution in [0.2, 0.25) is 0 Å². The topological polar surface area (TPSA) is 81.2 Å². The van der Waals surface area contributed by atoms with Gasteiger partial charge in [0.15, 0.2) is 0 Å². The van der Waals surface area contributed by atoms with Gasteiger partial charge in [-0.3, -0.25) is 4.79 Å². The number of anilines is 1. The molecule has 1 heterocycles. The molecule has 0 aromatic carbocycles. The van der Waals surface area contributed by atoms with E-state index in [-0.39, 0.29) is 5.91 Å². The smallest absolute Gasteiger partial charge is 0.244 e. The number of aromatic nitrogens is 1. The highest BCUT2D eigenvalue weighted by Gasteiger charge is 2.46. The highest BCUT2D eigenvalue weighted by molar-refractivity contribution is 5.99. The van der Waals surface area contributed by atoms with Crippen molar-refractivity contribution in [3.63, 3.8) is 0 Å². The second-order valence-electron chi connectivity index (χ2n) is 3.02. The van der Waals surface area contributed by atoms with Gasteiger partial charge < -0.3 is 15.6 Å². The number of rotatable bonds is 2. The van der Waals surface area contributed by atoms with Crippen molar-refractivity contribution in [1.29, 1.82) is 0 Å². The molecule has 3 N–H and O–H groups in total. The SMILES string of the molecule is NC1(C(=O)Nc2cnoc2)CC1. The summed E-state index contributed by atoms with van der Waals surface area (Å²) in [5.74, 6) is -0.161. The summed E-state index contributed by atoms with van der Waals surface area (Å²) in [5.41, 5.74) is 5.55. The molecule has 1 aliphatic carbocycles. The number of amides is 1. The molecule has 5 heteroatoms. The Morgan fingerprint density at radius 2 is 2.50 bits per heavy atom. The van der Waals surface area contributed by atoms with E-state index in [1.165, 1.54) is 12.5 Å². The van der Waals surface area contributed by atoms with Crippen LogP contribution in [0.3, 0.4) is 0 Å². The molecule has 0 atom stereocenters. The highest BCUT2D eigenvalue weighted by Crippen LogP contribution is 2.33. The van der Waals surface area contributed by atoms with Gasteiger partial charge in [-0.15, -0.1) is 0 Å². The van der Waals surface area contributed by atoms with Gasteiger partial charge in [-0.2, -0.15) is 0 Å². The predicted molar refractivity (Wildman–Crippen MR) is 41.3 cm³/mol. The number of carbonyl (C=O) groups is 1. The quantitative estimate of drug-likeness (QED) is 0.654. The number of carbonyl (C=O) groups excluding carboxylic acids is 1. The van der Waals surface area contributed by atoms with Crippen LogP contribution < -0.4 is 11.1 Å². The highest BCUT2D eigenvalue weighted by atomic mass is 16.5. The zero-order valence-corrected chi connectivity index (χ0v) is 6.41.